The monoisotopic (exact) mass is 444 g/mol. The number of fused-ring (bicyclic) bond motifs is 1. The van der Waals surface area contributed by atoms with Crippen LogP contribution in [0.1, 0.15) is 10.4 Å². The molecular weight excluding hydrogens is 416 g/mol. The van der Waals surface area contributed by atoms with Crippen molar-refractivity contribution in [3.05, 3.63) is 60.7 Å². The Kier molecular flexibility index (Phi) is 9.85. The van der Waals surface area contributed by atoms with Gasteiger partial charge in [0.2, 0.25) is 0 Å². The van der Waals surface area contributed by atoms with E-state index >= 15 is 0 Å². The Morgan fingerprint density at radius 2 is 1.34 bits per heavy atom. The molecule has 2 aromatic rings. The predicted molar refractivity (Wildman–Crippen MR) is 117 cm³/mol. The first-order valence-corrected chi connectivity index (χ1v) is 10.4. The second-order valence-corrected chi connectivity index (χ2v) is 6.66. The largest absolute Gasteiger partial charge is 0.490 e. The van der Waals surface area contributed by atoms with Gasteiger partial charge in [-0.3, -0.25) is 0 Å². The topological polar surface area (TPSA) is 81.7 Å². The van der Waals surface area contributed by atoms with Crippen LogP contribution >= 0.6 is 0 Å². The first-order chi connectivity index (χ1) is 15.8. The van der Waals surface area contributed by atoms with Crippen LogP contribution in [0.15, 0.2) is 55.1 Å². The highest BCUT2D eigenvalue weighted by Crippen LogP contribution is 2.29. The van der Waals surface area contributed by atoms with Crippen LogP contribution in [0.25, 0.3) is 0 Å². The first-order valence-electron chi connectivity index (χ1n) is 10.4. The average Bonchev–Trinajstić information content (AvgIpc) is 2.82. The van der Waals surface area contributed by atoms with Crippen molar-refractivity contribution in [1.29, 1.82) is 0 Å². The minimum absolute atomic E-state index is 0.303. The Morgan fingerprint density at radius 1 is 0.781 bits per heavy atom. The molecule has 0 aliphatic carbocycles. The van der Waals surface area contributed by atoms with Crippen molar-refractivity contribution in [1.82, 2.24) is 0 Å². The summed E-state index contributed by atoms with van der Waals surface area (Å²) in [6.45, 7) is 7.41. The van der Waals surface area contributed by atoms with Gasteiger partial charge >= 0.3 is 5.97 Å². The van der Waals surface area contributed by atoms with Crippen LogP contribution in [-0.4, -0.2) is 65.4 Å². The fourth-order valence-corrected chi connectivity index (χ4v) is 2.76. The molecule has 0 atom stereocenters. The van der Waals surface area contributed by atoms with E-state index in [-0.39, 0.29) is 0 Å². The van der Waals surface area contributed by atoms with Crippen LogP contribution in [0.3, 0.4) is 0 Å². The lowest BCUT2D eigenvalue weighted by molar-refractivity contribution is 0.00708. The average molecular weight is 444 g/mol. The highest BCUT2D eigenvalue weighted by atomic mass is 16.6. The summed E-state index contributed by atoms with van der Waals surface area (Å²) in [4.78, 5) is 12.6. The predicted octanol–water partition coefficient (Wildman–Crippen LogP) is 3.29. The molecule has 0 amide bonds. The molecule has 1 heterocycles. The van der Waals surface area contributed by atoms with Crippen LogP contribution in [0, 0.1) is 0 Å². The zero-order valence-corrected chi connectivity index (χ0v) is 18.0. The number of carbonyl (C=O) groups is 1. The highest BCUT2D eigenvalue weighted by molar-refractivity contribution is 5.91. The number of benzene rings is 2. The highest BCUT2D eigenvalue weighted by Gasteiger charge is 2.14. The van der Waals surface area contributed by atoms with E-state index in [1.165, 1.54) is 0 Å². The third-order valence-electron chi connectivity index (χ3n) is 4.30. The molecule has 0 saturated carbocycles. The molecule has 0 spiro atoms. The molecular formula is C24H28O8. The summed E-state index contributed by atoms with van der Waals surface area (Å²) >= 11 is 0. The molecule has 0 fully saturated rings. The SMILES string of the molecule is C=CCOc1ccc(OC(=O)c2ccc3c(c2)OCCOCCOCCOCCO3)cc1. The van der Waals surface area contributed by atoms with Crippen molar-refractivity contribution >= 4 is 5.97 Å². The van der Waals surface area contributed by atoms with Gasteiger partial charge < -0.3 is 33.2 Å². The van der Waals surface area contributed by atoms with E-state index in [9.17, 15) is 4.79 Å². The van der Waals surface area contributed by atoms with E-state index in [0.717, 1.165) is 0 Å². The smallest absolute Gasteiger partial charge is 0.343 e. The Hall–Kier alpha value is -3.07. The second-order valence-electron chi connectivity index (χ2n) is 6.66. The molecule has 0 saturated heterocycles. The van der Waals surface area contributed by atoms with E-state index < -0.39 is 5.97 Å². The van der Waals surface area contributed by atoms with E-state index in [2.05, 4.69) is 6.58 Å². The lowest BCUT2D eigenvalue weighted by Gasteiger charge is -2.14. The van der Waals surface area contributed by atoms with E-state index in [4.69, 9.17) is 33.2 Å². The van der Waals surface area contributed by atoms with Gasteiger partial charge in [-0.05, 0) is 42.5 Å². The number of ether oxygens (including phenoxy) is 7. The normalized spacial score (nSPS) is 15.6. The van der Waals surface area contributed by atoms with Crippen molar-refractivity contribution in [3.63, 3.8) is 0 Å². The van der Waals surface area contributed by atoms with Gasteiger partial charge in [0, 0.05) is 0 Å². The van der Waals surface area contributed by atoms with Crippen LogP contribution < -0.4 is 18.9 Å². The van der Waals surface area contributed by atoms with Gasteiger partial charge in [-0.1, -0.05) is 12.7 Å². The maximum absolute atomic E-state index is 12.6. The molecule has 0 bridgehead atoms. The van der Waals surface area contributed by atoms with Gasteiger partial charge in [0.05, 0.1) is 45.2 Å². The molecule has 1 aliphatic heterocycles. The molecule has 3 rings (SSSR count). The molecule has 1 aliphatic rings. The molecule has 2 aromatic carbocycles. The van der Waals surface area contributed by atoms with Crippen LogP contribution in [0.4, 0.5) is 0 Å². The summed E-state index contributed by atoms with van der Waals surface area (Å²) in [6, 6.07) is 11.7. The van der Waals surface area contributed by atoms with Gasteiger partial charge in [0.25, 0.3) is 0 Å². The molecule has 0 N–H and O–H groups in total. The van der Waals surface area contributed by atoms with E-state index in [1.807, 2.05) is 0 Å². The standard InChI is InChI=1S/C24H28O8/c1-2-9-29-20-4-6-21(7-5-20)32-24(25)19-3-8-22-23(18-19)31-17-15-28-13-11-26-10-12-27-14-16-30-22/h2-8,18H,1,9-17H2. The first kappa shape index (κ1) is 23.6. The molecule has 8 nitrogen and oxygen atoms in total. The molecule has 8 heteroatoms. The maximum Gasteiger partial charge on any atom is 0.343 e. The molecule has 0 radical (unpaired) electrons. The third kappa shape index (κ3) is 7.88. The summed E-state index contributed by atoms with van der Waals surface area (Å²) in [5.74, 6) is 1.50. The van der Waals surface area contributed by atoms with Crippen LogP contribution in [0.2, 0.25) is 0 Å². The van der Waals surface area contributed by atoms with Gasteiger partial charge in [-0.25, -0.2) is 4.79 Å². The molecule has 0 unspecified atom stereocenters. The van der Waals surface area contributed by atoms with Crippen molar-refractivity contribution in [2.75, 3.05) is 59.5 Å². The summed E-state index contributed by atoms with van der Waals surface area (Å²) < 4.78 is 38.8. The van der Waals surface area contributed by atoms with E-state index in [0.29, 0.717) is 88.0 Å². The van der Waals surface area contributed by atoms with Gasteiger partial charge in [0.1, 0.15) is 31.3 Å². The molecule has 32 heavy (non-hydrogen) atoms. The molecule has 0 aromatic heterocycles. The quantitative estimate of drug-likeness (QED) is 0.395. The summed E-state index contributed by atoms with van der Waals surface area (Å²) in [6.07, 6.45) is 1.66. The number of hydrogen-bond donors (Lipinski definition) is 0. The van der Waals surface area contributed by atoms with E-state index in [1.54, 1.807) is 48.5 Å². The van der Waals surface area contributed by atoms with Crippen molar-refractivity contribution in [2.45, 2.75) is 0 Å². The minimum Gasteiger partial charge on any atom is -0.490 e. The maximum atomic E-state index is 12.6. The fraction of sp³-hybridized carbons (Fsp3) is 0.375. The number of hydrogen-bond acceptors (Lipinski definition) is 8. The van der Waals surface area contributed by atoms with Crippen LogP contribution in [-0.2, 0) is 14.2 Å². The van der Waals surface area contributed by atoms with Crippen molar-refractivity contribution < 1.29 is 38.0 Å². The fourth-order valence-electron chi connectivity index (χ4n) is 2.76. The Bertz CT molecular complexity index is 850. The zero-order valence-electron chi connectivity index (χ0n) is 18.0. The molecule has 172 valence electrons. The lowest BCUT2D eigenvalue weighted by Crippen LogP contribution is -2.13. The Labute approximate surface area is 187 Å². The Morgan fingerprint density at radius 3 is 1.97 bits per heavy atom. The number of carbonyl (C=O) groups excluding carboxylic acids is 1. The van der Waals surface area contributed by atoms with Crippen molar-refractivity contribution in [3.8, 4) is 23.0 Å². The van der Waals surface area contributed by atoms with Gasteiger partial charge in [-0.2, -0.15) is 0 Å². The number of rotatable bonds is 5. The second kappa shape index (κ2) is 13.4. The summed E-state index contributed by atoms with van der Waals surface area (Å²) in [5, 5.41) is 0. The van der Waals surface area contributed by atoms with Gasteiger partial charge in [0.15, 0.2) is 11.5 Å². The zero-order chi connectivity index (χ0) is 22.4. The minimum atomic E-state index is -0.510. The Balaban J connectivity index is 1.64. The lowest BCUT2D eigenvalue weighted by atomic mass is 10.2. The third-order valence-corrected chi connectivity index (χ3v) is 4.30. The number of esters is 1. The van der Waals surface area contributed by atoms with Gasteiger partial charge in [-0.15, -0.1) is 0 Å². The van der Waals surface area contributed by atoms with Crippen LogP contribution in [0.5, 0.6) is 23.0 Å². The summed E-state index contributed by atoms with van der Waals surface area (Å²) in [7, 11) is 0. The van der Waals surface area contributed by atoms with Crippen molar-refractivity contribution in [2.24, 2.45) is 0 Å². The summed E-state index contributed by atoms with van der Waals surface area (Å²) in [5.41, 5.74) is 0.336.